The quantitative estimate of drug-likeness (QED) is 0.488. The summed E-state index contributed by atoms with van der Waals surface area (Å²) >= 11 is 0. The zero-order chi connectivity index (χ0) is 22.6. The number of rotatable bonds is 7. The maximum Gasteiger partial charge on any atom is 0.193 e. The van der Waals surface area contributed by atoms with Gasteiger partial charge in [0.05, 0.1) is 10.5 Å². The fourth-order valence-corrected chi connectivity index (χ4v) is 4.10. The first kappa shape index (κ1) is 22.6. The second-order valence-electron chi connectivity index (χ2n) is 8.56. The Bertz CT molecular complexity index is 1170. The van der Waals surface area contributed by atoms with Gasteiger partial charge in [-0.25, -0.2) is 8.42 Å². The maximum absolute atomic E-state index is 12.6. The van der Waals surface area contributed by atoms with E-state index in [1.165, 1.54) is 0 Å². The van der Waals surface area contributed by atoms with Gasteiger partial charge >= 0.3 is 0 Å². The Morgan fingerprint density at radius 3 is 1.71 bits per heavy atom. The van der Waals surface area contributed by atoms with Gasteiger partial charge in [-0.15, -0.1) is 0 Å². The van der Waals surface area contributed by atoms with Crippen molar-refractivity contribution < 1.29 is 18.0 Å². The van der Waals surface area contributed by atoms with Crippen LogP contribution in [-0.2, 0) is 22.0 Å². The molecule has 0 saturated carbocycles. The highest BCUT2D eigenvalue weighted by atomic mass is 32.2. The first-order valence-electron chi connectivity index (χ1n) is 10.1. The Balaban J connectivity index is 1.66. The fraction of sp³-hybridized carbons (Fsp3) is 0.231. The molecule has 4 nitrogen and oxygen atoms in total. The van der Waals surface area contributed by atoms with E-state index < -0.39 is 14.6 Å². The second kappa shape index (κ2) is 8.98. The van der Waals surface area contributed by atoms with Gasteiger partial charge in [-0.05, 0) is 31.9 Å². The molecule has 31 heavy (non-hydrogen) atoms. The number of hydrogen-bond donors (Lipinski definition) is 0. The SMILES string of the molecule is CC(C)(C)S(=O)(=O)Cc1ccc(C(=O)Cc2ccc(C(=O)c3ccccc3)cc2)cc1. The molecule has 3 aromatic rings. The molecule has 0 aliphatic carbocycles. The zero-order valence-corrected chi connectivity index (χ0v) is 18.8. The van der Waals surface area contributed by atoms with Crippen molar-refractivity contribution in [3.63, 3.8) is 0 Å². The van der Waals surface area contributed by atoms with Gasteiger partial charge in [-0.3, -0.25) is 9.59 Å². The molecule has 0 aromatic heterocycles. The lowest BCUT2D eigenvalue weighted by Gasteiger charge is -2.19. The van der Waals surface area contributed by atoms with Crippen molar-refractivity contribution in [3.8, 4) is 0 Å². The van der Waals surface area contributed by atoms with Gasteiger partial charge < -0.3 is 0 Å². The largest absolute Gasteiger partial charge is 0.294 e. The summed E-state index contributed by atoms with van der Waals surface area (Å²) in [4.78, 5) is 25.1. The minimum Gasteiger partial charge on any atom is -0.294 e. The van der Waals surface area contributed by atoms with E-state index in [9.17, 15) is 18.0 Å². The minimum atomic E-state index is -3.28. The molecule has 0 unspecified atom stereocenters. The highest BCUT2D eigenvalue weighted by Crippen LogP contribution is 2.21. The summed E-state index contributed by atoms with van der Waals surface area (Å²) in [6.07, 6.45) is 0.208. The first-order valence-corrected chi connectivity index (χ1v) is 11.8. The van der Waals surface area contributed by atoms with Crippen LogP contribution in [0.4, 0.5) is 0 Å². The molecular weight excluding hydrogens is 408 g/mol. The molecule has 0 saturated heterocycles. The summed E-state index contributed by atoms with van der Waals surface area (Å²) in [7, 11) is -3.28. The molecule has 0 bridgehead atoms. The Kier molecular flexibility index (Phi) is 6.56. The van der Waals surface area contributed by atoms with Crippen molar-refractivity contribution in [2.45, 2.75) is 37.7 Å². The normalized spacial score (nSPS) is 11.8. The molecule has 0 radical (unpaired) electrons. The van der Waals surface area contributed by atoms with Crippen LogP contribution in [-0.4, -0.2) is 24.7 Å². The van der Waals surface area contributed by atoms with Crippen molar-refractivity contribution in [1.82, 2.24) is 0 Å². The molecule has 3 aromatic carbocycles. The van der Waals surface area contributed by atoms with E-state index in [0.717, 1.165) is 5.56 Å². The van der Waals surface area contributed by atoms with Crippen LogP contribution in [0.25, 0.3) is 0 Å². The predicted octanol–water partition coefficient (Wildman–Crippen LogP) is 5.06. The lowest BCUT2D eigenvalue weighted by molar-refractivity contribution is 0.0992. The highest BCUT2D eigenvalue weighted by molar-refractivity contribution is 7.91. The highest BCUT2D eigenvalue weighted by Gasteiger charge is 2.28. The van der Waals surface area contributed by atoms with Crippen molar-refractivity contribution in [2.24, 2.45) is 0 Å². The molecule has 3 rings (SSSR count). The van der Waals surface area contributed by atoms with Crippen LogP contribution < -0.4 is 0 Å². The monoisotopic (exact) mass is 434 g/mol. The molecule has 0 heterocycles. The molecule has 160 valence electrons. The zero-order valence-electron chi connectivity index (χ0n) is 18.0. The van der Waals surface area contributed by atoms with Gasteiger partial charge in [0.2, 0.25) is 0 Å². The first-order chi connectivity index (χ1) is 14.6. The smallest absolute Gasteiger partial charge is 0.193 e. The van der Waals surface area contributed by atoms with Crippen LogP contribution in [0.5, 0.6) is 0 Å². The fourth-order valence-electron chi connectivity index (χ4n) is 3.04. The van der Waals surface area contributed by atoms with Crippen molar-refractivity contribution in [3.05, 3.63) is 107 Å². The molecule has 0 spiro atoms. The van der Waals surface area contributed by atoms with Gasteiger partial charge in [0, 0.05) is 23.1 Å². The predicted molar refractivity (Wildman–Crippen MR) is 123 cm³/mol. The van der Waals surface area contributed by atoms with Gasteiger partial charge in [-0.1, -0.05) is 78.9 Å². The van der Waals surface area contributed by atoms with Crippen LogP contribution in [0.1, 0.15) is 58.2 Å². The standard InChI is InChI=1S/C26H26O4S/c1-26(2,3)31(29,30)18-20-11-13-21(14-12-20)24(27)17-19-9-15-23(16-10-19)25(28)22-7-5-4-6-8-22/h4-16H,17-18H2,1-3H3. The third kappa shape index (κ3) is 5.56. The third-order valence-electron chi connectivity index (χ3n) is 5.18. The van der Waals surface area contributed by atoms with E-state index in [-0.39, 0.29) is 23.7 Å². The Morgan fingerprint density at radius 1 is 0.677 bits per heavy atom. The number of carbonyl (C=O) groups excluding carboxylic acids is 2. The lowest BCUT2D eigenvalue weighted by Crippen LogP contribution is -2.29. The second-order valence-corrected chi connectivity index (χ2v) is 11.3. The summed E-state index contributed by atoms with van der Waals surface area (Å²) in [6, 6.07) is 22.8. The number of Topliss-reactive ketones (excluding diaryl/α,β-unsaturated/α-hetero) is 1. The van der Waals surface area contributed by atoms with E-state index in [4.69, 9.17) is 0 Å². The number of benzene rings is 3. The number of hydrogen-bond acceptors (Lipinski definition) is 4. The molecule has 0 aliphatic heterocycles. The van der Waals surface area contributed by atoms with E-state index in [0.29, 0.717) is 22.3 Å². The Hall–Kier alpha value is -3.05. The summed E-state index contributed by atoms with van der Waals surface area (Å²) in [5.74, 6) is -0.173. The van der Waals surface area contributed by atoms with Gasteiger partial charge in [-0.2, -0.15) is 0 Å². The average molecular weight is 435 g/mol. The molecule has 0 aliphatic rings. The van der Waals surface area contributed by atoms with Crippen LogP contribution in [0.15, 0.2) is 78.9 Å². The minimum absolute atomic E-state index is 0.0537. The Labute approximate surface area is 183 Å². The molecular formula is C26H26O4S. The van der Waals surface area contributed by atoms with Crippen LogP contribution in [0.3, 0.4) is 0 Å². The van der Waals surface area contributed by atoms with E-state index in [1.54, 1.807) is 81.4 Å². The third-order valence-corrected chi connectivity index (χ3v) is 7.76. The average Bonchev–Trinajstić information content (AvgIpc) is 2.74. The Morgan fingerprint density at radius 2 is 1.16 bits per heavy atom. The number of carbonyl (C=O) groups is 2. The van der Waals surface area contributed by atoms with E-state index in [2.05, 4.69) is 0 Å². The maximum atomic E-state index is 12.6. The molecule has 0 N–H and O–H groups in total. The van der Waals surface area contributed by atoms with Crippen molar-refractivity contribution in [2.75, 3.05) is 0 Å². The van der Waals surface area contributed by atoms with Crippen molar-refractivity contribution in [1.29, 1.82) is 0 Å². The van der Waals surface area contributed by atoms with Gasteiger partial charge in [0.25, 0.3) is 0 Å². The summed E-state index contributed by atoms with van der Waals surface area (Å²) < 4.78 is 23.9. The molecule has 0 fully saturated rings. The molecule has 5 heteroatoms. The van der Waals surface area contributed by atoms with E-state index in [1.807, 2.05) is 18.2 Å². The van der Waals surface area contributed by atoms with E-state index >= 15 is 0 Å². The summed E-state index contributed by atoms with van der Waals surface area (Å²) in [5, 5.41) is 0. The lowest BCUT2D eigenvalue weighted by atomic mass is 9.98. The van der Waals surface area contributed by atoms with Crippen LogP contribution in [0.2, 0.25) is 0 Å². The molecule has 0 amide bonds. The summed E-state index contributed by atoms with van der Waals surface area (Å²) in [6.45, 7) is 5.04. The van der Waals surface area contributed by atoms with Crippen molar-refractivity contribution >= 4 is 21.4 Å². The topological polar surface area (TPSA) is 68.3 Å². The van der Waals surface area contributed by atoms with Gasteiger partial charge in [0.15, 0.2) is 21.4 Å². The number of ketones is 2. The van der Waals surface area contributed by atoms with Crippen LogP contribution in [0, 0.1) is 0 Å². The van der Waals surface area contributed by atoms with Gasteiger partial charge in [0.1, 0.15) is 0 Å². The molecule has 0 atom stereocenters. The number of sulfone groups is 1. The summed E-state index contributed by atoms with van der Waals surface area (Å²) in [5.41, 5.74) is 3.21. The van der Waals surface area contributed by atoms with Crippen LogP contribution >= 0.6 is 0 Å².